The van der Waals surface area contributed by atoms with Crippen LogP contribution in [0.3, 0.4) is 0 Å². The van der Waals surface area contributed by atoms with Crippen LogP contribution in [0.15, 0.2) is 36.4 Å². The molecule has 0 radical (unpaired) electrons. The zero-order valence-electron chi connectivity index (χ0n) is 16.1. The number of amides is 2. The third-order valence-electron chi connectivity index (χ3n) is 5.77. The predicted molar refractivity (Wildman–Crippen MR) is 106 cm³/mol. The molecule has 7 heteroatoms. The van der Waals surface area contributed by atoms with Crippen molar-refractivity contribution in [2.24, 2.45) is 0 Å². The average Bonchev–Trinajstić information content (AvgIpc) is 3.21. The lowest BCUT2D eigenvalue weighted by Gasteiger charge is -2.35. The molecule has 1 fully saturated rings. The summed E-state index contributed by atoms with van der Waals surface area (Å²) in [6.45, 7) is 0.619. The van der Waals surface area contributed by atoms with E-state index in [9.17, 15) is 14.0 Å². The van der Waals surface area contributed by atoms with E-state index < -0.39 is 6.04 Å². The summed E-state index contributed by atoms with van der Waals surface area (Å²) in [4.78, 5) is 29.1. The van der Waals surface area contributed by atoms with Crippen LogP contribution in [0.5, 0.6) is 11.5 Å². The second kappa shape index (κ2) is 7.06. The normalized spacial score (nSPS) is 20.5. The first-order valence-electron chi connectivity index (χ1n) is 9.85. The lowest BCUT2D eigenvalue weighted by Crippen LogP contribution is -2.47. The maximum absolute atomic E-state index is 13.5. The highest BCUT2D eigenvalue weighted by Gasteiger charge is 2.40. The zero-order chi connectivity index (χ0) is 20.8. The summed E-state index contributed by atoms with van der Waals surface area (Å²) in [5.74, 6) is 2.58. The van der Waals surface area contributed by atoms with Crippen LogP contribution in [-0.2, 0) is 6.42 Å². The number of terminal acetylenes is 1. The standard InChI is InChI=1S/C23H19FN2O4/c1-2-16(10-14-5-3-6-15(24)9-14)26-13-29-19-11-18-20(12-17(19)23(26)28)30-21-7-4-8-25(21)22(18)27/h1,3,5-6,9,11-12,16,21H,4,7-8,10,13H2/t16-,21?/m1/s1. The molecule has 2 amide bonds. The molecule has 0 aliphatic carbocycles. The van der Waals surface area contributed by atoms with Crippen molar-refractivity contribution in [3.8, 4) is 23.8 Å². The highest BCUT2D eigenvalue weighted by atomic mass is 19.1. The van der Waals surface area contributed by atoms with Crippen molar-refractivity contribution in [3.63, 3.8) is 0 Å². The first-order chi connectivity index (χ1) is 14.5. The van der Waals surface area contributed by atoms with Crippen LogP contribution in [0, 0.1) is 18.2 Å². The number of halogens is 1. The third kappa shape index (κ3) is 2.96. The van der Waals surface area contributed by atoms with Gasteiger partial charge in [-0.2, -0.15) is 0 Å². The number of benzene rings is 2. The summed E-state index contributed by atoms with van der Waals surface area (Å²) in [6.07, 6.45) is 7.36. The number of carbonyl (C=O) groups is 2. The van der Waals surface area contributed by atoms with Crippen molar-refractivity contribution in [3.05, 3.63) is 58.9 Å². The Labute approximate surface area is 173 Å². The molecule has 0 N–H and O–H groups in total. The first-order valence-corrected chi connectivity index (χ1v) is 9.85. The molecular formula is C23H19FN2O4. The topological polar surface area (TPSA) is 59.1 Å². The van der Waals surface area contributed by atoms with Crippen molar-refractivity contribution in [1.29, 1.82) is 0 Å². The quantitative estimate of drug-likeness (QED) is 0.736. The molecule has 1 unspecified atom stereocenters. The Morgan fingerprint density at radius 3 is 2.77 bits per heavy atom. The number of hydrogen-bond donors (Lipinski definition) is 0. The fraction of sp³-hybridized carbons (Fsp3) is 0.304. The van der Waals surface area contributed by atoms with Gasteiger partial charge in [0.2, 0.25) is 0 Å². The van der Waals surface area contributed by atoms with E-state index in [2.05, 4.69) is 5.92 Å². The molecule has 3 aliphatic rings. The molecule has 2 aromatic rings. The lowest BCUT2D eigenvalue weighted by molar-refractivity contribution is 0.0279. The number of hydrogen-bond acceptors (Lipinski definition) is 4. The fourth-order valence-corrected chi connectivity index (χ4v) is 4.23. The Morgan fingerprint density at radius 1 is 1.17 bits per heavy atom. The molecule has 0 aromatic heterocycles. The molecule has 3 aliphatic heterocycles. The van der Waals surface area contributed by atoms with E-state index in [0.717, 1.165) is 12.8 Å². The molecular weight excluding hydrogens is 387 g/mol. The molecule has 0 saturated carbocycles. The average molecular weight is 406 g/mol. The molecule has 3 heterocycles. The van der Waals surface area contributed by atoms with Crippen LogP contribution in [0.2, 0.25) is 0 Å². The van der Waals surface area contributed by atoms with Gasteiger partial charge in [-0.15, -0.1) is 6.42 Å². The summed E-state index contributed by atoms with van der Waals surface area (Å²) in [6, 6.07) is 8.68. The summed E-state index contributed by atoms with van der Waals surface area (Å²) < 4.78 is 25.3. The van der Waals surface area contributed by atoms with Crippen LogP contribution in [0.1, 0.15) is 39.1 Å². The van der Waals surface area contributed by atoms with Crippen molar-refractivity contribution in [2.45, 2.75) is 31.5 Å². The van der Waals surface area contributed by atoms with Gasteiger partial charge in [0, 0.05) is 19.4 Å². The van der Waals surface area contributed by atoms with Crippen molar-refractivity contribution in [2.75, 3.05) is 13.3 Å². The molecule has 152 valence electrons. The van der Waals surface area contributed by atoms with Gasteiger partial charge in [0.25, 0.3) is 11.8 Å². The van der Waals surface area contributed by atoms with Crippen LogP contribution in [-0.4, -0.2) is 47.2 Å². The second-order valence-corrected chi connectivity index (χ2v) is 7.62. The third-order valence-corrected chi connectivity index (χ3v) is 5.77. The summed E-state index contributed by atoms with van der Waals surface area (Å²) in [7, 11) is 0. The van der Waals surface area contributed by atoms with Gasteiger partial charge in [-0.3, -0.25) is 14.5 Å². The van der Waals surface area contributed by atoms with E-state index in [1.54, 1.807) is 29.2 Å². The first kappa shape index (κ1) is 18.5. The molecule has 30 heavy (non-hydrogen) atoms. The maximum atomic E-state index is 13.5. The number of nitrogens with zero attached hydrogens (tertiary/aromatic N) is 2. The van der Waals surface area contributed by atoms with Gasteiger partial charge in [-0.25, -0.2) is 4.39 Å². The zero-order valence-corrected chi connectivity index (χ0v) is 16.1. The minimum Gasteiger partial charge on any atom is -0.472 e. The summed E-state index contributed by atoms with van der Waals surface area (Å²) in [5, 5.41) is 0. The van der Waals surface area contributed by atoms with E-state index in [1.807, 2.05) is 0 Å². The Bertz CT molecular complexity index is 1090. The van der Waals surface area contributed by atoms with Crippen LogP contribution in [0.4, 0.5) is 4.39 Å². The molecule has 1 saturated heterocycles. The molecule has 0 bridgehead atoms. The van der Waals surface area contributed by atoms with Gasteiger partial charge in [-0.05, 0) is 36.2 Å². The van der Waals surface area contributed by atoms with E-state index in [0.29, 0.717) is 41.2 Å². The van der Waals surface area contributed by atoms with Gasteiger partial charge in [0.05, 0.1) is 11.1 Å². The summed E-state index contributed by atoms with van der Waals surface area (Å²) >= 11 is 0. The van der Waals surface area contributed by atoms with Gasteiger partial charge in [0.1, 0.15) is 23.4 Å². The van der Waals surface area contributed by atoms with Gasteiger partial charge >= 0.3 is 0 Å². The van der Waals surface area contributed by atoms with E-state index in [1.165, 1.54) is 17.0 Å². The molecule has 5 rings (SSSR count). The number of carbonyl (C=O) groups excluding carboxylic acids is 2. The number of ether oxygens (including phenoxy) is 2. The molecule has 6 nitrogen and oxygen atoms in total. The highest BCUT2D eigenvalue weighted by Crippen LogP contribution is 2.39. The second-order valence-electron chi connectivity index (χ2n) is 7.62. The Kier molecular flexibility index (Phi) is 4.35. The van der Waals surface area contributed by atoms with Gasteiger partial charge in [-0.1, -0.05) is 18.1 Å². The van der Waals surface area contributed by atoms with Crippen molar-refractivity contribution in [1.82, 2.24) is 9.80 Å². The molecule has 2 aromatic carbocycles. The van der Waals surface area contributed by atoms with Crippen molar-refractivity contribution >= 4 is 11.8 Å². The van der Waals surface area contributed by atoms with Crippen LogP contribution >= 0.6 is 0 Å². The van der Waals surface area contributed by atoms with E-state index in [4.69, 9.17) is 15.9 Å². The minimum atomic E-state index is -0.601. The SMILES string of the molecule is C#C[C@H](Cc1cccc(F)c1)N1COc2cc3c(cc2C1=O)OC1CCCN1C3=O. The highest BCUT2D eigenvalue weighted by molar-refractivity contribution is 6.03. The number of fused-ring (bicyclic) bond motifs is 3. The molecule has 0 spiro atoms. The Morgan fingerprint density at radius 2 is 1.97 bits per heavy atom. The Balaban J connectivity index is 1.44. The summed E-state index contributed by atoms with van der Waals surface area (Å²) in [5.41, 5.74) is 1.40. The van der Waals surface area contributed by atoms with Gasteiger partial charge < -0.3 is 14.4 Å². The van der Waals surface area contributed by atoms with Gasteiger partial charge in [0.15, 0.2) is 13.0 Å². The van der Waals surface area contributed by atoms with Crippen LogP contribution in [0.25, 0.3) is 0 Å². The predicted octanol–water partition coefficient (Wildman–Crippen LogP) is 2.82. The van der Waals surface area contributed by atoms with E-state index in [-0.39, 0.29) is 30.6 Å². The molecule has 2 atom stereocenters. The van der Waals surface area contributed by atoms with Crippen molar-refractivity contribution < 1.29 is 23.5 Å². The fourth-order valence-electron chi connectivity index (χ4n) is 4.23. The number of rotatable bonds is 3. The minimum absolute atomic E-state index is 0.0454. The Hall–Kier alpha value is -3.53. The largest absolute Gasteiger partial charge is 0.472 e. The lowest BCUT2D eigenvalue weighted by atomic mass is 10.0. The smallest absolute Gasteiger partial charge is 0.261 e. The van der Waals surface area contributed by atoms with E-state index >= 15 is 0 Å². The maximum Gasteiger partial charge on any atom is 0.261 e. The monoisotopic (exact) mass is 406 g/mol. The van der Waals surface area contributed by atoms with Crippen LogP contribution < -0.4 is 9.47 Å².